The molecule has 1 aromatic rings. The average Bonchev–Trinajstić information content (AvgIpc) is 2.44. The summed E-state index contributed by atoms with van der Waals surface area (Å²) in [6.07, 6.45) is 3.30. The number of amides is 2. The number of hydrogen-bond donors (Lipinski definition) is 2. The van der Waals surface area contributed by atoms with E-state index in [2.05, 4.69) is 10.6 Å². The van der Waals surface area contributed by atoms with Crippen LogP contribution in [0.2, 0.25) is 10.0 Å². The van der Waals surface area contributed by atoms with Gasteiger partial charge in [0, 0.05) is 28.8 Å². The third-order valence-corrected chi connectivity index (χ3v) is 4.25. The molecule has 0 aliphatic carbocycles. The Hall–Kier alpha value is -0.970. The van der Waals surface area contributed by atoms with Crippen LogP contribution >= 0.6 is 23.2 Å². The summed E-state index contributed by atoms with van der Waals surface area (Å²) < 4.78 is 0. The van der Waals surface area contributed by atoms with E-state index in [4.69, 9.17) is 23.2 Å². The highest BCUT2D eigenvalue weighted by atomic mass is 35.5. The molecule has 0 unspecified atom stereocenters. The summed E-state index contributed by atoms with van der Waals surface area (Å²) in [6.45, 7) is 2.64. The quantitative estimate of drug-likeness (QED) is 0.881. The van der Waals surface area contributed by atoms with E-state index in [1.807, 2.05) is 11.9 Å². The number of benzene rings is 1. The standard InChI is InChI=1S/C15H21Cl2N3O/c1-18-5-2-11-3-6-20(7-4-11)15(21)19-14-9-12(16)8-13(17)10-14/h8-11,18H,2-7H2,1H3,(H,19,21). The monoisotopic (exact) mass is 329 g/mol. The number of hydrogen-bond acceptors (Lipinski definition) is 2. The fourth-order valence-electron chi connectivity index (χ4n) is 2.60. The van der Waals surface area contributed by atoms with E-state index < -0.39 is 0 Å². The predicted octanol–water partition coefficient (Wildman–Crippen LogP) is 3.85. The highest BCUT2D eigenvalue weighted by molar-refractivity contribution is 6.35. The molecule has 0 aromatic heterocycles. The number of urea groups is 1. The molecule has 1 aliphatic heterocycles. The van der Waals surface area contributed by atoms with Crippen LogP contribution in [0, 0.1) is 5.92 Å². The van der Waals surface area contributed by atoms with Crippen LogP contribution in [0.1, 0.15) is 19.3 Å². The fraction of sp³-hybridized carbons (Fsp3) is 0.533. The number of carbonyl (C=O) groups excluding carboxylic acids is 1. The minimum Gasteiger partial charge on any atom is -0.325 e. The summed E-state index contributed by atoms with van der Waals surface area (Å²) in [4.78, 5) is 14.1. The molecule has 2 rings (SSSR count). The summed E-state index contributed by atoms with van der Waals surface area (Å²) in [5, 5.41) is 7.07. The molecule has 1 fully saturated rings. The average molecular weight is 330 g/mol. The molecule has 6 heteroatoms. The number of nitrogens with one attached hydrogen (secondary N) is 2. The second-order valence-electron chi connectivity index (χ2n) is 5.41. The molecule has 0 bridgehead atoms. The normalized spacial score (nSPS) is 16.0. The van der Waals surface area contributed by atoms with Crippen molar-refractivity contribution in [2.75, 3.05) is 32.0 Å². The van der Waals surface area contributed by atoms with Gasteiger partial charge in [0.05, 0.1) is 0 Å². The van der Waals surface area contributed by atoms with Crippen molar-refractivity contribution in [3.63, 3.8) is 0 Å². The van der Waals surface area contributed by atoms with Gasteiger partial charge in [-0.15, -0.1) is 0 Å². The van der Waals surface area contributed by atoms with Crippen LogP contribution in [-0.4, -0.2) is 37.6 Å². The van der Waals surface area contributed by atoms with Crippen molar-refractivity contribution in [1.82, 2.24) is 10.2 Å². The van der Waals surface area contributed by atoms with Crippen LogP contribution in [0.4, 0.5) is 10.5 Å². The second-order valence-corrected chi connectivity index (χ2v) is 6.28. The number of halogens is 2. The Morgan fingerprint density at radius 1 is 1.24 bits per heavy atom. The third-order valence-electron chi connectivity index (χ3n) is 3.82. The van der Waals surface area contributed by atoms with Crippen LogP contribution in [-0.2, 0) is 0 Å². The van der Waals surface area contributed by atoms with Gasteiger partial charge in [0.25, 0.3) is 0 Å². The topological polar surface area (TPSA) is 44.4 Å². The Morgan fingerprint density at radius 2 is 1.86 bits per heavy atom. The zero-order chi connectivity index (χ0) is 15.2. The minimum atomic E-state index is -0.0830. The van der Waals surface area contributed by atoms with E-state index in [-0.39, 0.29) is 6.03 Å². The van der Waals surface area contributed by atoms with Gasteiger partial charge in [-0.1, -0.05) is 23.2 Å². The zero-order valence-corrected chi connectivity index (χ0v) is 13.7. The molecule has 0 radical (unpaired) electrons. The Kier molecular flexibility index (Phi) is 6.15. The van der Waals surface area contributed by atoms with Crippen molar-refractivity contribution in [3.8, 4) is 0 Å². The Balaban J connectivity index is 1.84. The smallest absolute Gasteiger partial charge is 0.321 e. The van der Waals surface area contributed by atoms with Gasteiger partial charge in [-0.3, -0.25) is 0 Å². The van der Waals surface area contributed by atoms with Gasteiger partial charge in [-0.25, -0.2) is 4.79 Å². The van der Waals surface area contributed by atoms with Gasteiger partial charge in [0.1, 0.15) is 0 Å². The first-order valence-corrected chi connectivity index (χ1v) is 8.00. The van der Waals surface area contributed by atoms with Crippen molar-refractivity contribution in [2.24, 2.45) is 5.92 Å². The maximum Gasteiger partial charge on any atom is 0.321 e. The lowest BCUT2D eigenvalue weighted by atomic mass is 9.94. The van der Waals surface area contributed by atoms with E-state index in [0.717, 1.165) is 32.5 Å². The van der Waals surface area contributed by atoms with Gasteiger partial charge in [0.2, 0.25) is 0 Å². The SMILES string of the molecule is CNCCC1CCN(C(=O)Nc2cc(Cl)cc(Cl)c2)CC1. The van der Waals surface area contributed by atoms with Crippen LogP contribution in [0.3, 0.4) is 0 Å². The van der Waals surface area contributed by atoms with Gasteiger partial charge in [0.15, 0.2) is 0 Å². The van der Waals surface area contributed by atoms with Crippen LogP contribution in [0.5, 0.6) is 0 Å². The first-order valence-electron chi connectivity index (χ1n) is 7.25. The van der Waals surface area contributed by atoms with Gasteiger partial charge < -0.3 is 15.5 Å². The Morgan fingerprint density at radius 3 is 2.43 bits per heavy atom. The number of anilines is 1. The predicted molar refractivity (Wildman–Crippen MR) is 88.3 cm³/mol. The molecular weight excluding hydrogens is 309 g/mol. The molecule has 1 aliphatic rings. The summed E-state index contributed by atoms with van der Waals surface area (Å²) in [6, 6.07) is 4.96. The molecular formula is C15H21Cl2N3O. The lowest BCUT2D eigenvalue weighted by molar-refractivity contribution is 0.180. The lowest BCUT2D eigenvalue weighted by Crippen LogP contribution is -2.41. The van der Waals surface area contributed by atoms with E-state index in [9.17, 15) is 4.79 Å². The summed E-state index contributed by atoms with van der Waals surface area (Å²) in [7, 11) is 1.97. The number of nitrogens with zero attached hydrogens (tertiary/aromatic N) is 1. The number of rotatable bonds is 4. The number of piperidine rings is 1. The Bertz CT molecular complexity index is 468. The van der Waals surface area contributed by atoms with Crippen molar-refractivity contribution in [1.29, 1.82) is 0 Å². The third kappa shape index (κ3) is 5.06. The lowest BCUT2D eigenvalue weighted by Gasteiger charge is -2.32. The van der Waals surface area contributed by atoms with Crippen LogP contribution < -0.4 is 10.6 Å². The highest BCUT2D eigenvalue weighted by Gasteiger charge is 2.22. The summed E-state index contributed by atoms with van der Waals surface area (Å²) >= 11 is 11.9. The molecule has 0 spiro atoms. The molecule has 1 saturated heterocycles. The fourth-order valence-corrected chi connectivity index (χ4v) is 3.13. The Labute approximate surface area is 135 Å². The summed E-state index contributed by atoms with van der Waals surface area (Å²) in [5.74, 6) is 0.710. The van der Waals surface area contributed by atoms with Gasteiger partial charge in [-0.05, 0) is 57.0 Å². The number of carbonyl (C=O) groups is 1. The van der Waals surface area contributed by atoms with Crippen molar-refractivity contribution in [2.45, 2.75) is 19.3 Å². The van der Waals surface area contributed by atoms with Crippen molar-refractivity contribution < 1.29 is 4.79 Å². The molecule has 0 saturated carbocycles. The van der Waals surface area contributed by atoms with Crippen molar-refractivity contribution >= 4 is 34.9 Å². The molecule has 1 aromatic carbocycles. The first kappa shape index (κ1) is 16.4. The molecule has 1 heterocycles. The molecule has 2 N–H and O–H groups in total. The zero-order valence-electron chi connectivity index (χ0n) is 12.2. The van der Waals surface area contributed by atoms with E-state index in [1.165, 1.54) is 6.42 Å². The molecule has 116 valence electrons. The summed E-state index contributed by atoms with van der Waals surface area (Å²) in [5.41, 5.74) is 0.634. The van der Waals surface area contributed by atoms with E-state index >= 15 is 0 Å². The molecule has 4 nitrogen and oxygen atoms in total. The van der Waals surface area contributed by atoms with Crippen molar-refractivity contribution in [3.05, 3.63) is 28.2 Å². The molecule has 2 amide bonds. The second kappa shape index (κ2) is 7.87. The maximum atomic E-state index is 12.2. The minimum absolute atomic E-state index is 0.0830. The highest BCUT2D eigenvalue weighted by Crippen LogP contribution is 2.24. The van der Waals surface area contributed by atoms with Gasteiger partial charge in [-0.2, -0.15) is 0 Å². The molecule has 0 atom stereocenters. The van der Waals surface area contributed by atoms with Gasteiger partial charge >= 0.3 is 6.03 Å². The maximum absolute atomic E-state index is 12.2. The molecule has 21 heavy (non-hydrogen) atoms. The van der Waals surface area contributed by atoms with Crippen LogP contribution in [0.15, 0.2) is 18.2 Å². The van der Waals surface area contributed by atoms with Crippen LogP contribution in [0.25, 0.3) is 0 Å². The number of likely N-dealkylation sites (tertiary alicyclic amines) is 1. The van der Waals surface area contributed by atoms with E-state index in [1.54, 1.807) is 18.2 Å². The first-order chi connectivity index (χ1) is 10.1. The largest absolute Gasteiger partial charge is 0.325 e. The van der Waals surface area contributed by atoms with E-state index in [0.29, 0.717) is 21.7 Å².